The number of hydrogen-bond acceptors (Lipinski definition) is 4. The summed E-state index contributed by atoms with van der Waals surface area (Å²) in [5.41, 5.74) is 6.57. The van der Waals surface area contributed by atoms with Gasteiger partial charge in [-0.25, -0.2) is 4.79 Å². The number of nitrogens with two attached hydrogens (primary N) is 1. The highest BCUT2D eigenvalue weighted by atomic mass is 16.6. The highest BCUT2D eigenvalue weighted by Gasteiger charge is 2.25. The standard InChI is InChI=1S/C13H17N3O3/c14-11-8-16(7-6-15-12(11)17)13(18)19-9-10-4-2-1-3-5-10/h1-5,11H,6-9,14H2,(H,15,17). The maximum absolute atomic E-state index is 11.9. The summed E-state index contributed by atoms with van der Waals surface area (Å²) in [4.78, 5) is 24.7. The fourth-order valence-corrected chi connectivity index (χ4v) is 1.83. The fourth-order valence-electron chi connectivity index (χ4n) is 1.83. The molecule has 1 unspecified atom stereocenters. The van der Waals surface area contributed by atoms with Crippen molar-refractivity contribution >= 4 is 12.0 Å². The molecule has 1 atom stereocenters. The van der Waals surface area contributed by atoms with E-state index >= 15 is 0 Å². The second kappa shape index (κ2) is 6.19. The zero-order chi connectivity index (χ0) is 13.7. The van der Waals surface area contributed by atoms with Crippen LogP contribution in [-0.2, 0) is 16.1 Å². The average Bonchev–Trinajstić information content (AvgIpc) is 2.60. The van der Waals surface area contributed by atoms with Gasteiger partial charge in [0.15, 0.2) is 0 Å². The lowest BCUT2D eigenvalue weighted by molar-refractivity contribution is -0.121. The van der Waals surface area contributed by atoms with E-state index in [0.717, 1.165) is 5.56 Å². The van der Waals surface area contributed by atoms with Gasteiger partial charge in [0.1, 0.15) is 12.6 Å². The van der Waals surface area contributed by atoms with Crippen molar-refractivity contribution < 1.29 is 14.3 Å². The highest BCUT2D eigenvalue weighted by Crippen LogP contribution is 2.04. The second-order valence-electron chi connectivity index (χ2n) is 4.38. The molecule has 0 bridgehead atoms. The number of nitrogens with one attached hydrogen (secondary N) is 1. The van der Waals surface area contributed by atoms with E-state index in [1.165, 1.54) is 4.90 Å². The first kappa shape index (κ1) is 13.4. The van der Waals surface area contributed by atoms with Crippen LogP contribution in [0.5, 0.6) is 0 Å². The van der Waals surface area contributed by atoms with Gasteiger partial charge < -0.3 is 20.7 Å². The summed E-state index contributed by atoms with van der Waals surface area (Å²) < 4.78 is 5.20. The molecule has 1 heterocycles. The van der Waals surface area contributed by atoms with Crippen LogP contribution in [0.4, 0.5) is 4.79 Å². The summed E-state index contributed by atoms with van der Waals surface area (Å²) in [6, 6.07) is 8.73. The van der Waals surface area contributed by atoms with Gasteiger partial charge in [-0.3, -0.25) is 4.79 Å². The Hall–Kier alpha value is -2.08. The van der Waals surface area contributed by atoms with E-state index in [1.54, 1.807) is 0 Å². The minimum absolute atomic E-state index is 0.180. The Morgan fingerprint density at radius 3 is 2.89 bits per heavy atom. The number of carbonyl (C=O) groups is 2. The molecule has 1 aliphatic rings. The van der Waals surface area contributed by atoms with Crippen molar-refractivity contribution in [1.29, 1.82) is 0 Å². The van der Waals surface area contributed by atoms with E-state index in [9.17, 15) is 9.59 Å². The monoisotopic (exact) mass is 263 g/mol. The Bertz CT molecular complexity index is 450. The number of nitrogens with zero attached hydrogens (tertiary/aromatic N) is 1. The van der Waals surface area contributed by atoms with Crippen LogP contribution in [-0.4, -0.2) is 42.6 Å². The molecule has 2 rings (SSSR count). The summed E-state index contributed by atoms with van der Waals surface area (Å²) in [7, 11) is 0. The molecule has 102 valence electrons. The third kappa shape index (κ3) is 3.69. The van der Waals surface area contributed by atoms with E-state index in [4.69, 9.17) is 10.5 Å². The number of rotatable bonds is 2. The third-order valence-electron chi connectivity index (χ3n) is 2.90. The molecule has 1 aromatic rings. The molecule has 1 saturated heterocycles. The first-order valence-corrected chi connectivity index (χ1v) is 6.16. The quantitative estimate of drug-likeness (QED) is 0.791. The van der Waals surface area contributed by atoms with Crippen LogP contribution in [0.15, 0.2) is 30.3 Å². The fraction of sp³-hybridized carbons (Fsp3) is 0.385. The Labute approximate surface area is 111 Å². The molecule has 1 aliphatic heterocycles. The summed E-state index contributed by atoms with van der Waals surface area (Å²) in [6.07, 6.45) is -0.448. The van der Waals surface area contributed by atoms with E-state index < -0.39 is 12.1 Å². The van der Waals surface area contributed by atoms with Gasteiger partial charge in [0.05, 0.1) is 0 Å². The van der Waals surface area contributed by atoms with Crippen molar-refractivity contribution in [2.75, 3.05) is 19.6 Å². The molecule has 6 nitrogen and oxygen atoms in total. The second-order valence-corrected chi connectivity index (χ2v) is 4.38. The average molecular weight is 263 g/mol. The number of amides is 2. The normalized spacial score (nSPS) is 19.5. The van der Waals surface area contributed by atoms with Crippen LogP contribution in [0.3, 0.4) is 0 Å². The van der Waals surface area contributed by atoms with Crippen LogP contribution in [0.2, 0.25) is 0 Å². The smallest absolute Gasteiger partial charge is 0.410 e. The van der Waals surface area contributed by atoms with E-state index in [1.807, 2.05) is 30.3 Å². The van der Waals surface area contributed by atoms with Gasteiger partial charge in [0.25, 0.3) is 0 Å². The van der Waals surface area contributed by atoms with Crippen LogP contribution in [0.25, 0.3) is 0 Å². The Balaban J connectivity index is 1.87. The zero-order valence-corrected chi connectivity index (χ0v) is 10.5. The summed E-state index contributed by atoms with van der Waals surface area (Å²) >= 11 is 0. The van der Waals surface area contributed by atoms with Crippen molar-refractivity contribution in [3.63, 3.8) is 0 Å². The maximum atomic E-state index is 11.9. The molecular formula is C13H17N3O3. The highest BCUT2D eigenvalue weighted by molar-refractivity contribution is 5.83. The molecule has 6 heteroatoms. The van der Waals surface area contributed by atoms with Crippen molar-refractivity contribution in [3.8, 4) is 0 Å². The van der Waals surface area contributed by atoms with Crippen molar-refractivity contribution in [1.82, 2.24) is 10.2 Å². The zero-order valence-electron chi connectivity index (χ0n) is 10.5. The molecule has 2 amide bonds. The van der Waals surface area contributed by atoms with Gasteiger partial charge in [-0.15, -0.1) is 0 Å². The lowest BCUT2D eigenvalue weighted by Crippen LogP contribution is -2.45. The molecular weight excluding hydrogens is 246 g/mol. The third-order valence-corrected chi connectivity index (χ3v) is 2.90. The van der Waals surface area contributed by atoms with Crippen LogP contribution < -0.4 is 11.1 Å². The number of benzene rings is 1. The van der Waals surface area contributed by atoms with Gasteiger partial charge in [-0.1, -0.05) is 30.3 Å². The SMILES string of the molecule is NC1CN(C(=O)OCc2ccccc2)CCNC1=O. The van der Waals surface area contributed by atoms with Crippen LogP contribution >= 0.6 is 0 Å². The molecule has 0 saturated carbocycles. The van der Waals surface area contributed by atoms with Gasteiger partial charge in [-0.05, 0) is 5.56 Å². The van der Waals surface area contributed by atoms with E-state index in [-0.39, 0.29) is 19.1 Å². The lowest BCUT2D eigenvalue weighted by atomic mass is 10.2. The Morgan fingerprint density at radius 2 is 2.16 bits per heavy atom. The van der Waals surface area contributed by atoms with E-state index in [0.29, 0.717) is 13.1 Å². The first-order chi connectivity index (χ1) is 9.16. The molecule has 0 aromatic heterocycles. The topological polar surface area (TPSA) is 84.7 Å². The summed E-state index contributed by atoms with van der Waals surface area (Å²) in [5.74, 6) is -0.238. The van der Waals surface area contributed by atoms with Crippen LogP contribution in [0.1, 0.15) is 5.56 Å². The predicted molar refractivity (Wildman–Crippen MR) is 69.2 cm³/mol. The predicted octanol–water partition coefficient (Wildman–Crippen LogP) is 0.0823. The minimum atomic E-state index is -0.702. The largest absolute Gasteiger partial charge is 0.445 e. The molecule has 1 fully saturated rings. The van der Waals surface area contributed by atoms with E-state index in [2.05, 4.69) is 5.32 Å². The summed E-state index contributed by atoms with van der Waals surface area (Å²) in [6.45, 7) is 1.20. The number of carbonyl (C=O) groups excluding carboxylic acids is 2. The van der Waals surface area contributed by atoms with Gasteiger partial charge in [0.2, 0.25) is 5.91 Å². The Kier molecular flexibility index (Phi) is 4.35. The number of hydrogen-bond donors (Lipinski definition) is 2. The van der Waals surface area contributed by atoms with Crippen molar-refractivity contribution in [2.45, 2.75) is 12.6 Å². The Morgan fingerprint density at radius 1 is 1.42 bits per heavy atom. The minimum Gasteiger partial charge on any atom is -0.445 e. The molecule has 1 aromatic carbocycles. The van der Waals surface area contributed by atoms with Crippen LogP contribution in [0, 0.1) is 0 Å². The van der Waals surface area contributed by atoms with Gasteiger partial charge in [0, 0.05) is 19.6 Å². The molecule has 3 N–H and O–H groups in total. The molecule has 0 spiro atoms. The van der Waals surface area contributed by atoms with Gasteiger partial charge in [-0.2, -0.15) is 0 Å². The summed E-state index contributed by atoms with van der Waals surface area (Å²) in [5, 5.41) is 2.64. The molecule has 0 radical (unpaired) electrons. The van der Waals surface area contributed by atoms with Gasteiger partial charge >= 0.3 is 6.09 Å². The first-order valence-electron chi connectivity index (χ1n) is 6.16. The number of ether oxygens (including phenoxy) is 1. The maximum Gasteiger partial charge on any atom is 0.410 e. The van der Waals surface area contributed by atoms with Crippen molar-refractivity contribution in [2.24, 2.45) is 5.73 Å². The lowest BCUT2D eigenvalue weighted by Gasteiger charge is -2.20. The molecule has 0 aliphatic carbocycles. The molecule has 19 heavy (non-hydrogen) atoms. The van der Waals surface area contributed by atoms with Crippen molar-refractivity contribution in [3.05, 3.63) is 35.9 Å².